The lowest BCUT2D eigenvalue weighted by atomic mass is 9.99. The van der Waals surface area contributed by atoms with Crippen LogP contribution in [0.15, 0.2) is 23.8 Å². The van der Waals surface area contributed by atoms with Crippen molar-refractivity contribution in [1.29, 1.82) is 0 Å². The molecule has 1 aliphatic heterocycles. The molecular weight excluding hydrogens is 767 g/mol. The number of hydrogen-bond acceptors (Lipinski definition) is 11. The molecule has 12 heteroatoms. The van der Waals surface area contributed by atoms with Gasteiger partial charge in [-0.05, 0) is 38.2 Å². The highest BCUT2D eigenvalue weighted by Gasteiger charge is 2.44. The summed E-state index contributed by atoms with van der Waals surface area (Å²) in [7, 11) is 0. The minimum absolute atomic E-state index is 0.259. The molecule has 1 rings (SSSR count). The van der Waals surface area contributed by atoms with Crippen LogP contribution in [0.2, 0.25) is 0 Å². The van der Waals surface area contributed by atoms with Crippen molar-refractivity contribution < 1.29 is 55.1 Å². The first-order valence-electron chi connectivity index (χ1n) is 24.3. The van der Waals surface area contributed by atoms with Crippen molar-refractivity contribution >= 4 is 5.91 Å². The number of allylic oxidation sites excluding steroid dienone is 1. The van der Waals surface area contributed by atoms with E-state index in [1.165, 1.54) is 109 Å². The van der Waals surface area contributed by atoms with E-state index in [9.17, 15) is 45.6 Å². The summed E-state index contributed by atoms with van der Waals surface area (Å²) < 4.78 is 11.1. The summed E-state index contributed by atoms with van der Waals surface area (Å²) in [4.78, 5) is 13.1. The van der Waals surface area contributed by atoms with E-state index in [0.717, 1.165) is 44.9 Å². The topological polar surface area (TPSA) is 209 Å². The molecule has 2 unspecified atom stereocenters. The Morgan fingerprint density at radius 3 is 1.58 bits per heavy atom. The summed E-state index contributed by atoms with van der Waals surface area (Å²) in [5, 5.41) is 85.7. The Hall–Kier alpha value is -1.45. The zero-order valence-corrected chi connectivity index (χ0v) is 38.0. The summed E-state index contributed by atoms with van der Waals surface area (Å²) in [6.45, 7) is 5.16. The molecule has 0 spiro atoms. The average molecular weight is 858 g/mol. The number of nitrogens with one attached hydrogen (secondary N) is 1. The molecule has 60 heavy (non-hydrogen) atoms. The zero-order chi connectivity index (χ0) is 44.4. The number of hydrogen-bond donors (Lipinski definition) is 9. The van der Waals surface area contributed by atoms with Crippen LogP contribution in [-0.2, 0) is 14.3 Å². The smallest absolute Gasteiger partial charge is 0.249 e. The molecule has 9 N–H and O–H groups in total. The lowest BCUT2D eigenvalue weighted by Gasteiger charge is -2.40. The van der Waals surface area contributed by atoms with E-state index in [1.807, 2.05) is 0 Å². The van der Waals surface area contributed by atoms with Crippen molar-refractivity contribution in [3.63, 3.8) is 0 Å². The number of ether oxygens (including phenoxy) is 2. The maximum absolute atomic E-state index is 13.1. The first kappa shape index (κ1) is 56.6. The third kappa shape index (κ3) is 26.9. The van der Waals surface area contributed by atoms with Gasteiger partial charge < -0.3 is 55.6 Å². The molecule has 0 radical (unpaired) electrons. The fraction of sp³-hybridized carbons (Fsp3) is 0.896. The van der Waals surface area contributed by atoms with Crippen LogP contribution in [0.5, 0.6) is 0 Å². The first-order valence-corrected chi connectivity index (χ1v) is 24.3. The molecule has 0 aromatic heterocycles. The molecule has 354 valence electrons. The van der Waals surface area contributed by atoms with E-state index in [2.05, 4.69) is 19.2 Å². The number of carbonyl (C=O) groups is 1. The summed E-state index contributed by atoms with van der Waals surface area (Å²) >= 11 is 0. The minimum atomic E-state index is -1.66. The van der Waals surface area contributed by atoms with E-state index in [0.29, 0.717) is 31.3 Å². The van der Waals surface area contributed by atoms with Gasteiger partial charge in [-0.15, -0.1) is 0 Å². The fourth-order valence-corrected chi connectivity index (χ4v) is 7.76. The Labute approximate surface area is 364 Å². The van der Waals surface area contributed by atoms with E-state index in [-0.39, 0.29) is 6.42 Å². The van der Waals surface area contributed by atoms with Gasteiger partial charge in [0.05, 0.1) is 37.6 Å². The van der Waals surface area contributed by atoms with Gasteiger partial charge in [0.1, 0.15) is 30.5 Å². The third-order valence-corrected chi connectivity index (χ3v) is 11.9. The number of unbranched alkanes of at least 4 members (excludes halogenated alkanes) is 22. The van der Waals surface area contributed by atoms with E-state index < -0.39 is 80.3 Å². The van der Waals surface area contributed by atoms with Crippen LogP contribution in [0.25, 0.3) is 0 Å². The van der Waals surface area contributed by atoms with Gasteiger partial charge >= 0.3 is 0 Å². The predicted molar refractivity (Wildman–Crippen MR) is 239 cm³/mol. The van der Waals surface area contributed by atoms with Crippen molar-refractivity contribution in [3.05, 3.63) is 23.8 Å². The maximum Gasteiger partial charge on any atom is 0.249 e. The maximum atomic E-state index is 13.1. The SMILES string of the molecule is CCCCCCCCCCCCCCCCCCCCC[C@@H](O)C(=O)N[C@@H](CO[C@@H]1O[C@H](CO)[C@@H](O)[C@H](O)[C@H]1O)[C@H](O)/C=C/CCC(O)/C(C)=C/C(O)CCCCCCC. The van der Waals surface area contributed by atoms with Gasteiger partial charge in [0, 0.05) is 0 Å². The Bertz CT molecular complexity index is 1070. The average Bonchev–Trinajstić information content (AvgIpc) is 3.23. The minimum Gasteiger partial charge on any atom is -0.394 e. The number of carbonyl (C=O) groups excluding carboxylic acids is 1. The second-order valence-electron chi connectivity index (χ2n) is 17.5. The van der Waals surface area contributed by atoms with Crippen molar-refractivity contribution in [2.75, 3.05) is 13.2 Å². The second kappa shape index (κ2) is 37.0. The lowest BCUT2D eigenvalue weighted by Crippen LogP contribution is -2.60. The van der Waals surface area contributed by atoms with Crippen LogP contribution in [0.4, 0.5) is 0 Å². The van der Waals surface area contributed by atoms with E-state index in [1.54, 1.807) is 19.1 Å². The van der Waals surface area contributed by atoms with Crippen LogP contribution in [-0.4, -0.2) is 121 Å². The van der Waals surface area contributed by atoms with Crippen LogP contribution in [0, 0.1) is 0 Å². The normalized spacial score (nSPS) is 22.5. The molecule has 0 bridgehead atoms. The standard InChI is InChI=1S/C48H91NO11/c1-4-6-8-10-11-12-13-14-15-16-17-18-19-20-21-22-23-25-27-33-42(54)47(58)49-39(36-59-48-46(57)45(56)44(55)43(35-50)60-48)41(53)32-29-28-31-40(52)37(3)34-38(51)30-26-24-9-7-5-2/h29,32,34,38-46,48,50-57H,4-28,30-31,33,35-36H2,1-3H3,(H,49,58)/b32-29+,37-34+/t38?,39-,40?,41+,42+,43+,44+,45-,46+,48+/m0/s1. The highest BCUT2D eigenvalue weighted by Crippen LogP contribution is 2.23. The molecule has 1 fully saturated rings. The summed E-state index contributed by atoms with van der Waals surface area (Å²) in [6, 6.07) is -1.10. The number of aliphatic hydroxyl groups is 8. The zero-order valence-electron chi connectivity index (χ0n) is 38.0. The van der Waals surface area contributed by atoms with Crippen LogP contribution >= 0.6 is 0 Å². The molecular formula is C48H91NO11. The molecule has 1 aliphatic rings. The van der Waals surface area contributed by atoms with Gasteiger partial charge in [0.15, 0.2) is 6.29 Å². The van der Waals surface area contributed by atoms with Crippen LogP contribution in [0.1, 0.15) is 201 Å². The molecule has 0 aromatic rings. The molecule has 0 aliphatic carbocycles. The Morgan fingerprint density at radius 2 is 1.10 bits per heavy atom. The van der Waals surface area contributed by atoms with E-state index in [4.69, 9.17) is 9.47 Å². The Kier molecular flexibility index (Phi) is 34.9. The second-order valence-corrected chi connectivity index (χ2v) is 17.5. The molecule has 0 saturated carbocycles. The highest BCUT2D eigenvalue weighted by molar-refractivity contribution is 5.80. The number of rotatable bonds is 39. The highest BCUT2D eigenvalue weighted by atomic mass is 16.7. The van der Waals surface area contributed by atoms with Gasteiger partial charge in [-0.1, -0.05) is 186 Å². The van der Waals surface area contributed by atoms with Crippen molar-refractivity contribution in [3.8, 4) is 0 Å². The predicted octanol–water partition coefficient (Wildman–Crippen LogP) is 7.20. The van der Waals surface area contributed by atoms with Gasteiger partial charge in [-0.25, -0.2) is 0 Å². The molecule has 0 aromatic carbocycles. The van der Waals surface area contributed by atoms with Gasteiger partial charge in [0.2, 0.25) is 5.91 Å². The molecule has 12 nitrogen and oxygen atoms in total. The molecule has 1 saturated heterocycles. The van der Waals surface area contributed by atoms with Crippen molar-refractivity contribution in [2.45, 2.75) is 262 Å². The Balaban J connectivity index is 2.50. The first-order chi connectivity index (χ1) is 29.0. The van der Waals surface area contributed by atoms with Crippen molar-refractivity contribution in [1.82, 2.24) is 5.32 Å². The number of aliphatic hydroxyl groups excluding tert-OH is 8. The van der Waals surface area contributed by atoms with Crippen molar-refractivity contribution in [2.24, 2.45) is 0 Å². The van der Waals surface area contributed by atoms with E-state index >= 15 is 0 Å². The largest absolute Gasteiger partial charge is 0.394 e. The molecule has 1 heterocycles. The van der Waals surface area contributed by atoms with Crippen LogP contribution in [0.3, 0.4) is 0 Å². The number of amides is 1. The third-order valence-electron chi connectivity index (χ3n) is 11.9. The van der Waals surface area contributed by atoms with Crippen LogP contribution < -0.4 is 5.32 Å². The molecule has 1 amide bonds. The quantitative estimate of drug-likeness (QED) is 0.0223. The summed E-state index contributed by atoms with van der Waals surface area (Å²) in [6.07, 6.45) is 24.2. The van der Waals surface area contributed by atoms with Gasteiger partial charge in [-0.2, -0.15) is 0 Å². The monoisotopic (exact) mass is 858 g/mol. The van der Waals surface area contributed by atoms with Gasteiger partial charge in [0.25, 0.3) is 0 Å². The summed E-state index contributed by atoms with van der Waals surface area (Å²) in [5.41, 5.74) is 0.669. The fourth-order valence-electron chi connectivity index (χ4n) is 7.76. The molecule has 10 atom stereocenters. The Morgan fingerprint density at radius 1 is 0.633 bits per heavy atom. The summed E-state index contributed by atoms with van der Waals surface area (Å²) in [5.74, 6) is -0.688. The van der Waals surface area contributed by atoms with Gasteiger partial charge in [-0.3, -0.25) is 4.79 Å². The lowest BCUT2D eigenvalue weighted by molar-refractivity contribution is -0.302.